The fraction of sp³-hybridized carbons (Fsp3) is 0.250. The first kappa shape index (κ1) is 17.7. The van der Waals surface area contributed by atoms with E-state index in [0.717, 1.165) is 5.56 Å². The van der Waals surface area contributed by atoms with Gasteiger partial charge in [0.2, 0.25) is 0 Å². The molecule has 1 aromatic heterocycles. The highest BCUT2D eigenvalue weighted by Gasteiger charge is 2.16. The van der Waals surface area contributed by atoms with E-state index in [0.29, 0.717) is 22.7 Å². The number of rotatable bonds is 6. The van der Waals surface area contributed by atoms with E-state index in [1.165, 1.54) is 11.8 Å². The second-order valence-electron chi connectivity index (χ2n) is 5.18. The molecule has 0 radical (unpaired) electrons. The number of hydrogen-bond donors (Lipinski definition) is 3. The first-order chi connectivity index (χ1) is 11.4. The molecule has 24 heavy (non-hydrogen) atoms. The molecule has 0 unspecified atom stereocenters. The summed E-state index contributed by atoms with van der Waals surface area (Å²) in [4.78, 5) is 34.8. The number of nitrogens with one attached hydrogen (secondary N) is 2. The summed E-state index contributed by atoms with van der Waals surface area (Å²) in [5.74, 6) is -0.840. The van der Waals surface area contributed by atoms with Crippen LogP contribution in [-0.4, -0.2) is 32.9 Å². The highest BCUT2D eigenvalue weighted by Crippen LogP contribution is 2.17. The number of nitrogens with zero attached hydrogens (tertiary/aromatic N) is 1. The van der Waals surface area contributed by atoms with Crippen LogP contribution in [-0.2, 0) is 10.5 Å². The van der Waals surface area contributed by atoms with Crippen molar-refractivity contribution in [2.45, 2.75) is 19.6 Å². The SMILES string of the molecule is Cc1n[nH]c(=O)c(C(=O)Nc2cccc(CSCC(=O)O)c2)c1C. The molecule has 0 spiro atoms. The van der Waals surface area contributed by atoms with Crippen molar-refractivity contribution in [3.05, 3.63) is 57.0 Å². The van der Waals surface area contributed by atoms with E-state index in [1.807, 2.05) is 6.07 Å². The normalized spacial score (nSPS) is 10.4. The summed E-state index contributed by atoms with van der Waals surface area (Å²) >= 11 is 1.27. The van der Waals surface area contributed by atoms with Crippen molar-refractivity contribution in [1.82, 2.24) is 10.2 Å². The first-order valence-electron chi connectivity index (χ1n) is 7.14. The van der Waals surface area contributed by atoms with Gasteiger partial charge in [0.25, 0.3) is 11.5 Å². The average molecular weight is 347 g/mol. The quantitative estimate of drug-likeness (QED) is 0.736. The third-order valence-corrected chi connectivity index (χ3v) is 4.36. The molecule has 2 aromatic rings. The lowest BCUT2D eigenvalue weighted by atomic mass is 10.1. The molecule has 7 nitrogen and oxygen atoms in total. The fourth-order valence-electron chi connectivity index (χ4n) is 2.09. The summed E-state index contributed by atoms with van der Waals surface area (Å²) in [5, 5.41) is 17.5. The Balaban J connectivity index is 2.14. The average Bonchev–Trinajstić information content (AvgIpc) is 2.51. The summed E-state index contributed by atoms with van der Waals surface area (Å²) in [5.41, 5.74) is 2.04. The number of hydrogen-bond acceptors (Lipinski definition) is 5. The zero-order valence-corrected chi connectivity index (χ0v) is 14.1. The molecule has 0 aliphatic heterocycles. The number of aromatic nitrogens is 2. The molecule has 126 valence electrons. The van der Waals surface area contributed by atoms with Gasteiger partial charge in [0.15, 0.2) is 0 Å². The smallest absolute Gasteiger partial charge is 0.313 e. The molecule has 0 bridgehead atoms. The van der Waals surface area contributed by atoms with Gasteiger partial charge in [-0.25, -0.2) is 5.10 Å². The number of aromatic amines is 1. The van der Waals surface area contributed by atoms with Crippen molar-refractivity contribution in [2.24, 2.45) is 0 Å². The Labute approximate surface area is 142 Å². The predicted octanol–water partition coefficient (Wildman–Crippen LogP) is 1.96. The van der Waals surface area contributed by atoms with E-state index in [1.54, 1.807) is 32.0 Å². The van der Waals surface area contributed by atoms with Crippen LogP contribution in [0, 0.1) is 13.8 Å². The summed E-state index contributed by atoms with van der Waals surface area (Å²) in [6.45, 7) is 3.38. The van der Waals surface area contributed by atoms with Crippen molar-refractivity contribution in [3.63, 3.8) is 0 Å². The number of aryl methyl sites for hydroxylation is 1. The predicted molar refractivity (Wildman–Crippen MR) is 92.5 cm³/mol. The number of aliphatic carboxylic acids is 1. The molecule has 0 fully saturated rings. The van der Waals surface area contributed by atoms with Crippen LogP contribution in [0.4, 0.5) is 5.69 Å². The number of carboxylic acid groups (broad SMARTS) is 1. The first-order valence-corrected chi connectivity index (χ1v) is 8.29. The minimum atomic E-state index is -0.868. The van der Waals surface area contributed by atoms with E-state index in [2.05, 4.69) is 15.5 Å². The number of H-pyrrole nitrogens is 1. The maximum Gasteiger partial charge on any atom is 0.313 e. The molecule has 0 aliphatic carbocycles. The van der Waals surface area contributed by atoms with Crippen LogP contribution in [0.25, 0.3) is 0 Å². The molecule has 0 saturated heterocycles. The second-order valence-corrected chi connectivity index (χ2v) is 6.16. The van der Waals surface area contributed by atoms with E-state index < -0.39 is 17.4 Å². The zero-order valence-electron chi connectivity index (χ0n) is 13.3. The van der Waals surface area contributed by atoms with Gasteiger partial charge >= 0.3 is 5.97 Å². The number of carboxylic acids is 1. The maximum atomic E-state index is 12.4. The largest absolute Gasteiger partial charge is 0.481 e. The van der Waals surface area contributed by atoms with Crippen LogP contribution in [0.15, 0.2) is 29.1 Å². The molecule has 0 saturated carbocycles. The van der Waals surface area contributed by atoms with Gasteiger partial charge in [-0.15, -0.1) is 11.8 Å². The molecule has 2 rings (SSSR count). The summed E-state index contributed by atoms with van der Waals surface area (Å²) in [6.07, 6.45) is 0. The van der Waals surface area contributed by atoms with Gasteiger partial charge in [0.05, 0.1) is 11.4 Å². The molecule has 0 atom stereocenters. The number of amides is 1. The van der Waals surface area contributed by atoms with Crippen molar-refractivity contribution in [2.75, 3.05) is 11.1 Å². The van der Waals surface area contributed by atoms with Gasteiger partial charge in [0, 0.05) is 11.4 Å². The lowest BCUT2D eigenvalue weighted by Crippen LogP contribution is -2.26. The summed E-state index contributed by atoms with van der Waals surface area (Å²) < 4.78 is 0. The Morgan fingerprint density at radius 1 is 1.33 bits per heavy atom. The van der Waals surface area contributed by atoms with Gasteiger partial charge in [-0.1, -0.05) is 12.1 Å². The molecular formula is C16H17N3O4S. The van der Waals surface area contributed by atoms with Crippen molar-refractivity contribution >= 4 is 29.3 Å². The third kappa shape index (κ3) is 4.45. The van der Waals surface area contributed by atoms with Crippen LogP contribution >= 0.6 is 11.8 Å². The number of thioether (sulfide) groups is 1. The molecule has 1 heterocycles. The van der Waals surface area contributed by atoms with E-state index in [4.69, 9.17) is 5.11 Å². The molecule has 1 amide bonds. The molecular weight excluding hydrogens is 330 g/mol. The van der Waals surface area contributed by atoms with Gasteiger partial charge in [-0.2, -0.15) is 5.10 Å². The van der Waals surface area contributed by atoms with Crippen LogP contribution in [0.2, 0.25) is 0 Å². The Hall–Kier alpha value is -2.61. The molecule has 0 aliphatic rings. The lowest BCUT2D eigenvalue weighted by Gasteiger charge is -2.09. The zero-order chi connectivity index (χ0) is 17.7. The Morgan fingerprint density at radius 3 is 2.79 bits per heavy atom. The van der Waals surface area contributed by atoms with Crippen molar-refractivity contribution in [3.8, 4) is 0 Å². The van der Waals surface area contributed by atoms with E-state index >= 15 is 0 Å². The Kier molecular flexibility index (Phi) is 5.75. The number of anilines is 1. The van der Waals surface area contributed by atoms with Crippen LogP contribution in [0.1, 0.15) is 27.2 Å². The summed E-state index contributed by atoms with van der Waals surface area (Å²) in [7, 11) is 0. The van der Waals surface area contributed by atoms with E-state index in [-0.39, 0.29) is 11.3 Å². The molecule has 1 aromatic carbocycles. The van der Waals surface area contributed by atoms with E-state index in [9.17, 15) is 14.4 Å². The molecule has 8 heteroatoms. The minimum Gasteiger partial charge on any atom is -0.481 e. The standard InChI is InChI=1S/C16H17N3O4S/c1-9-10(2)18-19-16(23)14(9)15(22)17-12-5-3-4-11(6-12)7-24-8-13(20)21/h3-6H,7-8H2,1-2H3,(H,17,22)(H,19,23)(H,20,21). The second kappa shape index (κ2) is 7.78. The lowest BCUT2D eigenvalue weighted by molar-refractivity contribution is -0.133. The van der Waals surface area contributed by atoms with Crippen molar-refractivity contribution in [1.29, 1.82) is 0 Å². The van der Waals surface area contributed by atoms with Crippen LogP contribution < -0.4 is 10.9 Å². The van der Waals surface area contributed by atoms with Gasteiger partial charge in [-0.05, 0) is 37.1 Å². The Bertz CT molecular complexity index is 832. The summed E-state index contributed by atoms with van der Waals surface area (Å²) in [6, 6.07) is 7.07. The van der Waals surface area contributed by atoms with Gasteiger partial charge in [0.1, 0.15) is 5.56 Å². The fourth-order valence-corrected chi connectivity index (χ4v) is 2.78. The number of carbonyl (C=O) groups is 2. The monoisotopic (exact) mass is 347 g/mol. The third-order valence-electron chi connectivity index (χ3n) is 3.38. The molecule has 3 N–H and O–H groups in total. The highest BCUT2D eigenvalue weighted by atomic mass is 32.2. The highest BCUT2D eigenvalue weighted by molar-refractivity contribution is 7.99. The maximum absolute atomic E-state index is 12.4. The van der Waals surface area contributed by atoms with Crippen molar-refractivity contribution < 1.29 is 14.7 Å². The van der Waals surface area contributed by atoms with Crippen LogP contribution in [0.3, 0.4) is 0 Å². The van der Waals surface area contributed by atoms with Gasteiger partial charge < -0.3 is 10.4 Å². The Morgan fingerprint density at radius 2 is 2.08 bits per heavy atom. The number of benzene rings is 1. The topological polar surface area (TPSA) is 112 Å². The minimum absolute atomic E-state index is 0.0153. The van der Waals surface area contributed by atoms with Gasteiger partial charge in [-0.3, -0.25) is 14.4 Å². The number of carbonyl (C=O) groups excluding carboxylic acids is 1. The van der Waals surface area contributed by atoms with Crippen LogP contribution in [0.5, 0.6) is 0 Å².